The number of nitrogens with zero attached hydrogens (tertiary/aromatic N) is 2. The molecule has 0 saturated heterocycles. The molecule has 0 saturated carbocycles. The van der Waals surface area contributed by atoms with E-state index in [9.17, 15) is 0 Å². The number of hydrogen-bond donors (Lipinski definition) is 0. The van der Waals surface area contributed by atoms with Gasteiger partial charge in [-0.2, -0.15) is 4.98 Å². The zero-order chi connectivity index (χ0) is 10.7. The summed E-state index contributed by atoms with van der Waals surface area (Å²) in [7, 11) is 0. The summed E-state index contributed by atoms with van der Waals surface area (Å²) in [5.74, 6) is 1.07. The molecule has 3 nitrogen and oxygen atoms in total. The van der Waals surface area contributed by atoms with E-state index in [0.29, 0.717) is 11.7 Å². The molecule has 0 N–H and O–H groups in total. The first kappa shape index (κ1) is 10.2. The van der Waals surface area contributed by atoms with E-state index in [1.165, 1.54) is 0 Å². The first-order valence-corrected chi connectivity index (χ1v) is 5.28. The van der Waals surface area contributed by atoms with Crippen LogP contribution in [0.5, 0.6) is 0 Å². The lowest BCUT2D eigenvalue weighted by atomic mass is 10.2. The van der Waals surface area contributed by atoms with Crippen LogP contribution in [-0.2, 0) is 0 Å². The molecule has 1 unspecified atom stereocenters. The van der Waals surface area contributed by atoms with Crippen molar-refractivity contribution in [1.82, 2.24) is 10.1 Å². The molecule has 1 aromatic heterocycles. The van der Waals surface area contributed by atoms with Crippen molar-refractivity contribution in [2.24, 2.45) is 0 Å². The van der Waals surface area contributed by atoms with Crippen molar-refractivity contribution >= 4 is 11.6 Å². The van der Waals surface area contributed by atoms with Gasteiger partial charge >= 0.3 is 0 Å². The highest BCUT2D eigenvalue weighted by Crippen LogP contribution is 2.24. The van der Waals surface area contributed by atoms with Gasteiger partial charge in [0.2, 0.25) is 0 Å². The number of rotatable bonds is 3. The van der Waals surface area contributed by atoms with Gasteiger partial charge in [-0.05, 0) is 18.6 Å². The molecule has 1 atom stereocenters. The molecule has 0 spiro atoms. The summed E-state index contributed by atoms with van der Waals surface area (Å²) in [6, 6.07) is 9.64. The predicted octanol–water partition coefficient (Wildman–Crippen LogP) is 3.43. The first-order valence-electron chi connectivity index (χ1n) is 4.84. The van der Waals surface area contributed by atoms with Gasteiger partial charge in [-0.15, -0.1) is 11.6 Å². The van der Waals surface area contributed by atoms with Gasteiger partial charge in [0.25, 0.3) is 5.89 Å². The SMILES string of the molecule is CCC(Cl)c1noc(-c2ccccc2)n1. The lowest BCUT2D eigenvalue weighted by Gasteiger charge is -1.96. The second-order valence-electron chi connectivity index (χ2n) is 3.20. The second-order valence-corrected chi connectivity index (χ2v) is 3.73. The van der Waals surface area contributed by atoms with Crippen molar-refractivity contribution in [2.45, 2.75) is 18.7 Å². The van der Waals surface area contributed by atoms with Crippen LogP contribution in [0, 0.1) is 0 Å². The Morgan fingerprint density at radius 1 is 1.33 bits per heavy atom. The van der Waals surface area contributed by atoms with Gasteiger partial charge in [-0.25, -0.2) is 0 Å². The summed E-state index contributed by atoms with van der Waals surface area (Å²) < 4.78 is 5.13. The normalized spacial score (nSPS) is 12.7. The third-order valence-corrected chi connectivity index (χ3v) is 2.60. The van der Waals surface area contributed by atoms with Crippen LogP contribution in [0.1, 0.15) is 24.5 Å². The lowest BCUT2D eigenvalue weighted by Crippen LogP contribution is -1.90. The summed E-state index contributed by atoms with van der Waals surface area (Å²) in [5, 5.41) is 3.67. The van der Waals surface area contributed by atoms with E-state index in [4.69, 9.17) is 16.1 Å². The first-order chi connectivity index (χ1) is 7.31. The van der Waals surface area contributed by atoms with Gasteiger partial charge in [0.05, 0.1) is 5.38 Å². The van der Waals surface area contributed by atoms with Gasteiger partial charge in [-0.3, -0.25) is 0 Å². The summed E-state index contributed by atoms with van der Waals surface area (Å²) in [5.41, 5.74) is 0.913. The van der Waals surface area contributed by atoms with Crippen LogP contribution in [0.25, 0.3) is 11.5 Å². The Balaban J connectivity index is 2.28. The third kappa shape index (κ3) is 2.18. The Hall–Kier alpha value is -1.35. The molecule has 78 valence electrons. The second kappa shape index (κ2) is 4.45. The van der Waals surface area contributed by atoms with Gasteiger partial charge in [0.1, 0.15) is 0 Å². The number of aromatic nitrogens is 2. The Labute approximate surface area is 93.1 Å². The Morgan fingerprint density at radius 2 is 2.07 bits per heavy atom. The molecule has 0 aliphatic carbocycles. The standard InChI is InChI=1S/C11H11ClN2O/c1-2-9(12)10-13-11(15-14-10)8-6-4-3-5-7-8/h3-7,9H,2H2,1H3. The molecular formula is C11H11ClN2O. The molecule has 0 radical (unpaired) electrons. The monoisotopic (exact) mass is 222 g/mol. The van der Waals surface area contributed by atoms with Crippen LogP contribution in [-0.4, -0.2) is 10.1 Å². The Kier molecular flexibility index (Phi) is 3.02. The number of benzene rings is 1. The molecule has 0 aliphatic rings. The molecule has 0 bridgehead atoms. The van der Waals surface area contributed by atoms with Crippen LogP contribution in [0.15, 0.2) is 34.9 Å². The van der Waals surface area contributed by atoms with Crippen LogP contribution in [0.3, 0.4) is 0 Å². The van der Waals surface area contributed by atoms with E-state index in [0.717, 1.165) is 12.0 Å². The lowest BCUT2D eigenvalue weighted by molar-refractivity contribution is 0.421. The molecule has 1 aromatic carbocycles. The zero-order valence-corrected chi connectivity index (χ0v) is 9.11. The topological polar surface area (TPSA) is 38.9 Å². The molecular weight excluding hydrogens is 212 g/mol. The van der Waals surface area contributed by atoms with Crippen LogP contribution in [0.4, 0.5) is 0 Å². The number of hydrogen-bond acceptors (Lipinski definition) is 3. The third-order valence-electron chi connectivity index (χ3n) is 2.10. The maximum Gasteiger partial charge on any atom is 0.257 e. The molecule has 1 heterocycles. The fourth-order valence-electron chi connectivity index (χ4n) is 1.24. The number of alkyl halides is 1. The van der Waals surface area contributed by atoms with E-state index < -0.39 is 0 Å². The van der Waals surface area contributed by atoms with Crippen molar-refractivity contribution in [3.05, 3.63) is 36.2 Å². The molecule has 4 heteroatoms. The highest BCUT2D eigenvalue weighted by molar-refractivity contribution is 6.20. The zero-order valence-electron chi connectivity index (χ0n) is 8.35. The molecule has 15 heavy (non-hydrogen) atoms. The average Bonchev–Trinajstić information content (AvgIpc) is 2.78. The van der Waals surface area contributed by atoms with Gasteiger partial charge < -0.3 is 4.52 Å². The summed E-state index contributed by atoms with van der Waals surface area (Å²) in [4.78, 5) is 4.24. The summed E-state index contributed by atoms with van der Waals surface area (Å²) in [6.07, 6.45) is 0.787. The minimum atomic E-state index is -0.175. The van der Waals surface area contributed by atoms with Crippen LogP contribution in [0.2, 0.25) is 0 Å². The van der Waals surface area contributed by atoms with Crippen LogP contribution < -0.4 is 0 Å². The van der Waals surface area contributed by atoms with Crippen molar-refractivity contribution in [2.75, 3.05) is 0 Å². The van der Waals surface area contributed by atoms with Gasteiger partial charge in [-0.1, -0.05) is 30.3 Å². The molecule has 2 aromatic rings. The highest BCUT2D eigenvalue weighted by Gasteiger charge is 2.14. The fourth-order valence-corrected chi connectivity index (χ4v) is 1.33. The highest BCUT2D eigenvalue weighted by atomic mass is 35.5. The minimum Gasteiger partial charge on any atom is -0.334 e. The van der Waals surface area contributed by atoms with E-state index in [2.05, 4.69) is 10.1 Å². The molecule has 2 rings (SSSR count). The van der Waals surface area contributed by atoms with E-state index in [1.807, 2.05) is 37.3 Å². The Bertz CT molecular complexity index is 427. The number of halogens is 1. The fraction of sp³-hybridized carbons (Fsp3) is 0.273. The van der Waals surface area contributed by atoms with Gasteiger partial charge in [0.15, 0.2) is 5.82 Å². The van der Waals surface area contributed by atoms with Crippen molar-refractivity contribution < 1.29 is 4.52 Å². The molecule has 0 fully saturated rings. The van der Waals surface area contributed by atoms with Crippen LogP contribution >= 0.6 is 11.6 Å². The van der Waals surface area contributed by atoms with E-state index >= 15 is 0 Å². The average molecular weight is 223 g/mol. The molecule has 0 amide bonds. The predicted molar refractivity (Wildman–Crippen MR) is 58.6 cm³/mol. The Morgan fingerprint density at radius 3 is 2.73 bits per heavy atom. The largest absolute Gasteiger partial charge is 0.334 e. The summed E-state index contributed by atoms with van der Waals surface area (Å²) in [6.45, 7) is 1.98. The van der Waals surface area contributed by atoms with Crippen molar-refractivity contribution in [1.29, 1.82) is 0 Å². The molecule has 0 aliphatic heterocycles. The minimum absolute atomic E-state index is 0.175. The summed E-state index contributed by atoms with van der Waals surface area (Å²) >= 11 is 6.01. The van der Waals surface area contributed by atoms with E-state index in [-0.39, 0.29) is 5.38 Å². The van der Waals surface area contributed by atoms with E-state index in [1.54, 1.807) is 0 Å². The quantitative estimate of drug-likeness (QED) is 0.747. The van der Waals surface area contributed by atoms with Crippen molar-refractivity contribution in [3.8, 4) is 11.5 Å². The smallest absolute Gasteiger partial charge is 0.257 e. The van der Waals surface area contributed by atoms with Gasteiger partial charge in [0, 0.05) is 5.56 Å². The van der Waals surface area contributed by atoms with Crippen molar-refractivity contribution in [3.63, 3.8) is 0 Å². The maximum absolute atomic E-state index is 6.01. The maximum atomic E-state index is 6.01.